The zero-order valence-corrected chi connectivity index (χ0v) is 21.1. The molecule has 1 N–H and O–H groups in total. The molecule has 192 valence electrons. The number of ether oxygens (including phenoxy) is 5. The molecule has 0 spiro atoms. The molecule has 0 radical (unpaired) electrons. The topological polar surface area (TPSA) is 109 Å². The lowest BCUT2D eigenvalue weighted by atomic mass is 9.97. The summed E-state index contributed by atoms with van der Waals surface area (Å²) in [7, 11) is 0. The van der Waals surface area contributed by atoms with Crippen molar-refractivity contribution in [3.63, 3.8) is 0 Å². The summed E-state index contributed by atoms with van der Waals surface area (Å²) in [6.45, 7) is 8.74. The molecule has 1 aliphatic carbocycles. The van der Waals surface area contributed by atoms with Gasteiger partial charge in [-0.15, -0.1) is 0 Å². The van der Waals surface area contributed by atoms with Crippen LogP contribution in [0.5, 0.6) is 0 Å². The van der Waals surface area contributed by atoms with Crippen molar-refractivity contribution in [2.75, 3.05) is 52.8 Å². The highest BCUT2D eigenvalue weighted by atomic mass is 32.2. The van der Waals surface area contributed by atoms with Gasteiger partial charge in [0.15, 0.2) is 0 Å². The van der Waals surface area contributed by atoms with E-state index in [0.717, 1.165) is 25.7 Å². The van der Waals surface area contributed by atoms with E-state index in [1.165, 1.54) is 6.92 Å². The number of Topliss-reactive ketones (excluding diaryl/α,β-unsaturated/α-hetero) is 1. The Bertz CT molecular complexity index is 553. The molecule has 1 rings (SSSR count). The first-order valence-electron chi connectivity index (χ1n) is 11.8. The van der Waals surface area contributed by atoms with Gasteiger partial charge in [-0.1, -0.05) is 13.8 Å². The Labute approximate surface area is 201 Å². The summed E-state index contributed by atoms with van der Waals surface area (Å²) < 4.78 is 26.5. The molecule has 1 fully saturated rings. The molecule has 0 aromatic rings. The second kappa shape index (κ2) is 19.0. The first kappa shape index (κ1) is 29.7. The third-order valence-electron chi connectivity index (χ3n) is 4.79. The van der Waals surface area contributed by atoms with Crippen LogP contribution in [-0.4, -0.2) is 87.2 Å². The smallest absolute Gasteiger partial charge is 0.407 e. The lowest BCUT2D eigenvalue weighted by Crippen LogP contribution is -2.33. The van der Waals surface area contributed by atoms with Crippen LogP contribution in [0, 0.1) is 0 Å². The largest absolute Gasteiger partial charge is 0.463 e. The molecule has 0 saturated heterocycles. The van der Waals surface area contributed by atoms with Gasteiger partial charge in [-0.3, -0.25) is 4.79 Å². The highest BCUT2D eigenvalue weighted by molar-refractivity contribution is 8.00. The number of hydrogen-bond acceptors (Lipinski definition) is 9. The minimum absolute atomic E-state index is 0.0179. The van der Waals surface area contributed by atoms with Gasteiger partial charge in [0.2, 0.25) is 0 Å². The number of carbonyl (C=O) groups excluding carboxylic acids is 3. The van der Waals surface area contributed by atoms with Crippen LogP contribution < -0.4 is 5.32 Å². The zero-order chi connectivity index (χ0) is 24.3. The molecule has 33 heavy (non-hydrogen) atoms. The molecule has 0 aromatic heterocycles. The molecule has 10 heteroatoms. The fourth-order valence-electron chi connectivity index (χ4n) is 3.20. The van der Waals surface area contributed by atoms with Gasteiger partial charge >= 0.3 is 12.1 Å². The molecule has 1 aliphatic rings. The van der Waals surface area contributed by atoms with Gasteiger partial charge in [0, 0.05) is 18.2 Å². The van der Waals surface area contributed by atoms with Crippen LogP contribution >= 0.6 is 11.8 Å². The number of hydrogen-bond donors (Lipinski definition) is 1. The van der Waals surface area contributed by atoms with E-state index >= 15 is 0 Å². The average Bonchev–Trinajstić information content (AvgIpc) is 2.76. The third-order valence-corrected chi connectivity index (χ3v) is 6.19. The van der Waals surface area contributed by atoms with Gasteiger partial charge in [-0.25, -0.2) is 4.79 Å². The summed E-state index contributed by atoms with van der Waals surface area (Å²) in [5.41, 5.74) is 0. The van der Waals surface area contributed by atoms with Gasteiger partial charge in [0.1, 0.15) is 18.5 Å². The van der Waals surface area contributed by atoms with Crippen molar-refractivity contribution in [2.24, 2.45) is 0 Å². The Morgan fingerprint density at radius 3 is 2.00 bits per heavy atom. The first-order chi connectivity index (χ1) is 15.9. The van der Waals surface area contributed by atoms with Crippen LogP contribution in [-0.2, 0) is 33.3 Å². The number of ketones is 1. The van der Waals surface area contributed by atoms with Crippen LogP contribution in [0.15, 0.2) is 0 Å². The van der Waals surface area contributed by atoms with Gasteiger partial charge in [-0.2, -0.15) is 11.8 Å². The lowest BCUT2D eigenvalue weighted by Gasteiger charge is -2.28. The number of alkyl carbamates (subject to hydrolysis) is 1. The number of esters is 1. The molecule has 0 unspecified atom stereocenters. The van der Waals surface area contributed by atoms with Gasteiger partial charge < -0.3 is 33.8 Å². The summed E-state index contributed by atoms with van der Waals surface area (Å²) in [6, 6.07) is 0. The Hall–Kier alpha value is -1.36. The van der Waals surface area contributed by atoms with E-state index in [9.17, 15) is 14.4 Å². The van der Waals surface area contributed by atoms with E-state index in [4.69, 9.17) is 23.7 Å². The Balaban J connectivity index is 1.83. The summed E-state index contributed by atoms with van der Waals surface area (Å²) in [4.78, 5) is 33.9. The van der Waals surface area contributed by atoms with Crippen LogP contribution in [0.3, 0.4) is 0 Å². The van der Waals surface area contributed by atoms with E-state index in [2.05, 4.69) is 19.2 Å². The predicted octanol–water partition coefficient (Wildman–Crippen LogP) is 3.13. The van der Waals surface area contributed by atoms with Gasteiger partial charge in [0.05, 0.1) is 46.1 Å². The SMILES string of the molecule is CC(=O)CCC(=O)OCCOCCOCCOCCNC(=O)OC1CCC(SC(C)C)CC1. The predicted molar refractivity (Wildman–Crippen MR) is 127 cm³/mol. The summed E-state index contributed by atoms with van der Waals surface area (Å²) in [6.07, 6.45) is 4.02. The van der Waals surface area contributed by atoms with Crippen molar-refractivity contribution in [3.05, 3.63) is 0 Å². The second-order valence-corrected chi connectivity index (χ2v) is 10.1. The third kappa shape index (κ3) is 17.7. The number of carbonyl (C=O) groups is 3. The van der Waals surface area contributed by atoms with E-state index in [-0.39, 0.29) is 44.0 Å². The van der Waals surface area contributed by atoms with Crippen molar-refractivity contribution < 1.29 is 38.1 Å². The van der Waals surface area contributed by atoms with Crippen molar-refractivity contribution >= 4 is 29.6 Å². The van der Waals surface area contributed by atoms with Crippen LogP contribution in [0.2, 0.25) is 0 Å². The maximum atomic E-state index is 11.9. The first-order valence-corrected chi connectivity index (χ1v) is 12.8. The van der Waals surface area contributed by atoms with Gasteiger partial charge in [0.25, 0.3) is 0 Å². The fraction of sp³-hybridized carbons (Fsp3) is 0.870. The Kier molecular flexibility index (Phi) is 17.1. The fourth-order valence-corrected chi connectivity index (χ4v) is 4.51. The molecule has 0 aromatic carbocycles. The quantitative estimate of drug-likeness (QED) is 0.228. The molecule has 9 nitrogen and oxygen atoms in total. The Morgan fingerprint density at radius 2 is 1.42 bits per heavy atom. The number of rotatable bonds is 18. The van der Waals surface area contributed by atoms with E-state index in [1.807, 2.05) is 11.8 Å². The van der Waals surface area contributed by atoms with E-state index < -0.39 is 5.97 Å². The maximum Gasteiger partial charge on any atom is 0.407 e. The minimum atomic E-state index is -0.395. The van der Waals surface area contributed by atoms with Crippen molar-refractivity contribution in [3.8, 4) is 0 Å². The van der Waals surface area contributed by atoms with Crippen molar-refractivity contribution in [1.29, 1.82) is 0 Å². The highest BCUT2D eigenvalue weighted by Gasteiger charge is 2.24. The Morgan fingerprint density at radius 1 is 0.848 bits per heavy atom. The molecule has 0 bridgehead atoms. The standard InChI is InChI=1S/C23H41NO8S/c1-18(2)33-21-7-5-20(6-8-21)32-23(27)24-10-11-28-12-13-29-14-15-30-16-17-31-22(26)9-4-19(3)25/h18,20-21H,4-17H2,1-3H3,(H,24,27). The average molecular weight is 492 g/mol. The van der Waals surface area contributed by atoms with Crippen LogP contribution in [0.25, 0.3) is 0 Å². The summed E-state index contributed by atoms with van der Waals surface area (Å²) >= 11 is 2.02. The number of amides is 1. The minimum Gasteiger partial charge on any atom is -0.463 e. The lowest BCUT2D eigenvalue weighted by molar-refractivity contribution is -0.146. The van der Waals surface area contributed by atoms with Gasteiger partial charge in [-0.05, 0) is 37.9 Å². The van der Waals surface area contributed by atoms with E-state index in [0.29, 0.717) is 50.1 Å². The van der Waals surface area contributed by atoms with Crippen molar-refractivity contribution in [1.82, 2.24) is 5.32 Å². The molecular formula is C23H41NO8S. The normalized spacial score (nSPS) is 18.2. The summed E-state index contributed by atoms with van der Waals surface area (Å²) in [5.74, 6) is -0.430. The second-order valence-electron chi connectivity index (χ2n) is 8.18. The van der Waals surface area contributed by atoms with Crippen LogP contribution in [0.1, 0.15) is 59.3 Å². The molecule has 0 aliphatic heterocycles. The molecule has 0 atom stereocenters. The molecule has 1 saturated carbocycles. The zero-order valence-electron chi connectivity index (χ0n) is 20.3. The number of nitrogens with one attached hydrogen (secondary N) is 1. The highest BCUT2D eigenvalue weighted by Crippen LogP contribution is 2.32. The summed E-state index contributed by atoms with van der Waals surface area (Å²) in [5, 5.41) is 4.05. The molecule has 1 amide bonds. The monoisotopic (exact) mass is 491 g/mol. The van der Waals surface area contributed by atoms with Crippen molar-refractivity contribution in [2.45, 2.75) is 75.9 Å². The molecular weight excluding hydrogens is 450 g/mol. The maximum absolute atomic E-state index is 11.9. The van der Waals surface area contributed by atoms with E-state index in [1.54, 1.807) is 0 Å². The molecule has 0 heterocycles. The van der Waals surface area contributed by atoms with Crippen LogP contribution in [0.4, 0.5) is 4.79 Å². The number of thioether (sulfide) groups is 1.